The van der Waals surface area contributed by atoms with E-state index in [4.69, 9.17) is 4.74 Å². The lowest BCUT2D eigenvalue weighted by atomic mass is 10.2. The molecule has 110 valence electrons. The Morgan fingerprint density at radius 1 is 1.29 bits per heavy atom. The van der Waals surface area contributed by atoms with Crippen molar-refractivity contribution in [3.63, 3.8) is 0 Å². The maximum atomic E-state index is 13.5. The molecule has 0 atom stereocenters. The Balaban J connectivity index is 1.83. The van der Waals surface area contributed by atoms with Gasteiger partial charge < -0.3 is 10.1 Å². The molecule has 5 heteroatoms. The Morgan fingerprint density at radius 3 is 2.86 bits per heavy atom. The molecule has 0 saturated carbocycles. The van der Waals surface area contributed by atoms with E-state index in [2.05, 4.69) is 17.9 Å². The van der Waals surface area contributed by atoms with Gasteiger partial charge in [-0.1, -0.05) is 12.1 Å². The molecular formula is C16H16FNO2S. The zero-order chi connectivity index (χ0) is 15.2. The summed E-state index contributed by atoms with van der Waals surface area (Å²) in [4.78, 5) is 12.4. The Morgan fingerprint density at radius 2 is 2.10 bits per heavy atom. The summed E-state index contributed by atoms with van der Waals surface area (Å²) in [5, 5.41) is 2.61. The number of hydrogen-bond acceptors (Lipinski definition) is 3. The summed E-state index contributed by atoms with van der Waals surface area (Å²) in [6.07, 6.45) is 0. The minimum atomic E-state index is -0.565. The number of nitrogens with one attached hydrogen (secondary N) is 1. The van der Waals surface area contributed by atoms with Crippen molar-refractivity contribution in [3.8, 4) is 5.75 Å². The lowest BCUT2D eigenvalue weighted by Crippen LogP contribution is -2.28. The predicted molar refractivity (Wildman–Crippen MR) is 82.7 cm³/mol. The minimum absolute atomic E-state index is 0.0157. The van der Waals surface area contributed by atoms with E-state index in [9.17, 15) is 9.18 Å². The fourth-order valence-corrected chi connectivity index (χ4v) is 2.02. The third-order valence-electron chi connectivity index (χ3n) is 2.84. The Labute approximate surface area is 128 Å². The number of carbonyl (C=O) groups is 1. The average molecular weight is 305 g/mol. The van der Waals surface area contributed by atoms with Gasteiger partial charge in [-0.15, -0.1) is 12.6 Å². The molecule has 0 radical (unpaired) electrons. The quantitative estimate of drug-likeness (QED) is 0.657. The number of ether oxygens (including phenoxy) is 1. The Bertz CT molecular complexity index is 646. The molecule has 2 aromatic carbocycles. The second-order valence-corrected chi connectivity index (χ2v) is 5.10. The molecule has 0 aliphatic carbocycles. The molecule has 0 fully saturated rings. The van der Waals surface area contributed by atoms with Crippen molar-refractivity contribution in [2.45, 2.75) is 11.8 Å². The van der Waals surface area contributed by atoms with Crippen LogP contribution in [0.3, 0.4) is 0 Å². The predicted octanol–water partition coefficient (Wildman–Crippen LogP) is 3.23. The van der Waals surface area contributed by atoms with Crippen LogP contribution in [-0.2, 0) is 0 Å². The molecule has 0 unspecified atom stereocenters. The van der Waals surface area contributed by atoms with Crippen LogP contribution in [0.2, 0.25) is 0 Å². The van der Waals surface area contributed by atoms with Crippen LogP contribution in [0.25, 0.3) is 0 Å². The minimum Gasteiger partial charge on any atom is -0.492 e. The molecule has 0 aromatic heterocycles. The molecule has 0 aliphatic rings. The number of hydrogen-bond donors (Lipinski definition) is 2. The van der Waals surface area contributed by atoms with Crippen LogP contribution in [0.15, 0.2) is 47.4 Å². The SMILES string of the molecule is Cc1cccc(OCCNC(=O)c2cc(S)ccc2F)c1. The number of aryl methyl sites for hydroxylation is 1. The van der Waals surface area contributed by atoms with Crippen molar-refractivity contribution >= 4 is 18.5 Å². The van der Waals surface area contributed by atoms with Gasteiger partial charge in [0.1, 0.15) is 18.2 Å². The average Bonchev–Trinajstić information content (AvgIpc) is 2.46. The van der Waals surface area contributed by atoms with Crippen molar-refractivity contribution in [3.05, 3.63) is 59.4 Å². The number of thiol groups is 1. The molecule has 3 nitrogen and oxygen atoms in total. The molecule has 1 amide bonds. The topological polar surface area (TPSA) is 38.3 Å². The van der Waals surface area contributed by atoms with E-state index in [1.165, 1.54) is 18.2 Å². The molecule has 0 spiro atoms. The van der Waals surface area contributed by atoms with Gasteiger partial charge in [0.05, 0.1) is 12.1 Å². The number of halogens is 1. The van der Waals surface area contributed by atoms with Crippen LogP contribution in [0, 0.1) is 12.7 Å². The maximum absolute atomic E-state index is 13.5. The highest BCUT2D eigenvalue weighted by Crippen LogP contribution is 2.14. The van der Waals surface area contributed by atoms with E-state index in [0.717, 1.165) is 11.3 Å². The summed E-state index contributed by atoms with van der Waals surface area (Å²) in [6, 6.07) is 11.7. The summed E-state index contributed by atoms with van der Waals surface area (Å²) in [5.41, 5.74) is 1.09. The van der Waals surface area contributed by atoms with Crippen LogP contribution in [0.5, 0.6) is 5.75 Å². The molecule has 1 N–H and O–H groups in total. The second kappa shape index (κ2) is 7.13. The Kier molecular flexibility index (Phi) is 5.22. The first-order valence-electron chi connectivity index (χ1n) is 6.52. The van der Waals surface area contributed by atoms with E-state index >= 15 is 0 Å². The monoisotopic (exact) mass is 305 g/mol. The smallest absolute Gasteiger partial charge is 0.254 e. The fourth-order valence-electron chi connectivity index (χ4n) is 1.82. The van der Waals surface area contributed by atoms with Crippen molar-refractivity contribution in [1.29, 1.82) is 0 Å². The largest absolute Gasteiger partial charge is 0.492 e. The van der Waals surface area contributed by atoms with E-state index in [1.807, 2.05) is 31.2 Å². The molecular weight excluding hydrogens is 289 g/mol. The van der Waals surface area contributed by atoms with E-state index < -0.39 is 11.7 Å². The Hall–Kier alpha value is -2.01. The van der Waals surface area contributed by atoms with Gasteiger partial charge in [0.2, 0.25) is 0 Å². The molecule has 2 rings (SSSR count). The zero-order valence-electron chi connectivity index (χ0n) is 11.6. The summed E-state index contributed by atoms with van der Waals surface area (Å²) in [7, 11) is 0. The third kappa shape index (κ3) is 4.49. The van der Waals surface area contributed by atoms with Gasteiger partial charge in [-0.3, -0.25) is 4.79 Å². The second-order valence-electron chi connectivity index (χ2n) is 4.59. The van der Waals surface area contributed by atoms with Crippen LogP contribution >= 0.6 is 12.6 Å². The molecule has 0 aliphatic heterocycles. The molecule has 0 heterocycles. The maximum Gasteiger partial charge on any atom is 0.254 e. The molecule has 0 bridgehead atoms. The van der Waals surface area contributed by atoms with Gasteiger partial charge in [0.25, 0.3) is 5.91 Å². The number of carbonyl (C=O) groups excluding carboxylic acids is 1. The summed E-state index contributed by atoms with van der Waals surface area (Å²) >= 11 is 4.09. The highest BCUT2D eigenvalue weighted by molar-refractivity contribution is 7.80. The van der Waals surface area contributed by atoms with Crippen LogP contribution in [0.1, 0.15) is 15.9 Å². The first kappa shape index (κ1) is 15.4. The van der Waals surface area contributed by atoms with Crippen molar-refractivity contribution < 1.29 is 13.9 Å². The fraction of sp³-hybridized carbons (Fsp3) is 0.188. The number of amides is 1. The summed E-state index contributed by atoms with van der Waals surface area (Å²) in [6.45, 7) is 2.59. The first-order valence-corrected chi connectivity index (χ1v) is 6.97. The van der Waals surface area contributed by atoms with Gasteiger partial charge >= 0.3 is 0 Å². The van der Waals surface area contributed by atoms with Gasteiger partial charge in [0, 0.05) is 4.90 Å². The van der Waals surface area contributed by atoms with Crippen LogP contribution in [0.4, 0.5) is 4.39 Å². The first-order chi connectivity index (χ1) is 10.1. The molecule has 2 aromatic rings. The summed E-state index contributed by atoms with van der Waals surface area (Å²) < 4.78 is 19.0. The molecule has 0 saturated heterocycles. The van der Waals surface area contributed by atoms with Gasteiger partial charge in [-0.05, 0) is 42.8 Å². The van der Waals surface area contributed by atoms with Crippen molar-refractivity contribution in [1.82, 2.24) is 5.32 Å². The summed E-state index contributed by atoms with van der Waals surface area (Å²) in [5.74, 6) is -0.297. The van der Waals surface area contributed by atoms with E-state index in [1.54, 1.807) is 0 Å². The third-order valence-corrected chi connectivity index (χ3v) is 3.12. The number of rotatable bonds is 5. The lowest BCUT2D eigenvalue weighted by molar-refractivity contribution is 0.0942. The van der Waals surface area contributed by atoms with Crippen molar-refractivity contribution in [2.24, 2.45) is 0 Å². The van der Waals surface area contributed by atoms with Gasteiger partial charge in [-0.25, -0.2) is 4.39 Å². The van der Waals surface area contributed by atoms with Gasteiger partial charge in [-0.2, -0.15) is 0 Å². The molecule has 21 heavy (non-hydrogen) atoms. The van der Waals surface area contributed by atoms with Crippen molar-refractivity contribution in [2.75, 3.05) is 13.2 Å². The highest BCUT2D eigenvalue weighted by atomic mass is 32.1. The highest BCUT2D eigenvalue weighted by Gasteiger charge is 2.11. The van der Waals surface area contributed by atoms with E-state index in [-0.39, 0.29) is 5.56 Å². The zero-order valence-corrected chi connectivity index (χ0v) is 12.5. The van der Waals surface area contributed by atoms with E-state index in [0.29, 0.717) is 18.0 Å². The standard InChI is InChI=1S/C16H16FNO2S/c1-11-3-2-4-12(9-11)20-8-7-18-16(19)14-10-13(21)5-6-15(14)17/h2-6,9-10,21H,7-8H2,1H3,(H,18,19). The van der Waals surface area contributed by atoms with Gasteiger partial charge in [0.15, 0.2) is 0 Å². The van der Waals surface area contributed by atoms with Crippen LogP contribution < -0.4 is 10.1 Å². The number of benzene rings is 2. The van der Waals surface area contributed by atoms with Crippen LogP contribution in [-0.4, -0.2) is 19.1 Å². The normalized spacial score (nSPS) is 10.2. The lowest BCUT2D eigenvalue weighted by Gasteiger charge is -2.09.